The summed E-state index contributed by atoms with van der Waals surface area (Å²) in [4.78, 5) is 11.7. The van der Waals surface area contributed by atoms with Crippen LogP contribution in [0.5, 0.6) is 0 Å². The number of anilines is 1. The van der Waals surface area contributed by atoms with Gasteiger partial charge in [-0.3, -0.25) is 0 Å². The number of morpholine rings is 1. The standard InChI is InChI=1S/C15H22ClN3O2/c1-19(9-11-21-12-10-19)8-2-7-17-15(20)18-14-5-3-13(16)4-6-14/h3-6H,2,7-12H2,1H3,(H-,17,18,20)/p+1. The molecule has 1 aliphatic rings. The Morgan fingerprint density at radius 1 is 1.29 bits per heavy atom. The monoisotopic (exact) mass is 312 g/mol. The number of carbonyl (C=O) groups is 1. The van der Waals surface area contributed by atoms with Crippen molar-refractivity contribution in [2.45, 2.75) is 6.42 Å². The van der Waals surface area contributed by atoms with Crippen LogP contribution in [0.15, 0.2) is 24.3 Å². The van der Waals surface area contributed by atoms with Crippen LogP contribution in [0, 0.1) is 0 Å². The molecule has 0 aromatic heterocycles. The van der Waals surface area contributed by atoms with E-state index in [1.165, 1.54) is 0 Å². The van der Waals surface area contributed by atoms with Crippen LogP contribution >= 0.6 is 11.6 Å². The van der Waals surface area contributed by atoms with E-state index in [1.807, 2.05) is 0 Å². The Labute approximate surface area is 130 Å². The number of hydrogen-bond donors (Lipinski definition) is 2. The number of likely N-dealkylation sites (N-methyl/N-ethyl adjacent to an activating group) is 1. The van der Waals surface area contributed by atoms with Crippen LogP contribution in [-0.4, -0.2) is 57.0 Å². The first-order valence-corrected chi connectivity index (χ1v) is 7.67. The highest BCUT2D eigenvalue weighted by atomic mass is 35.5. The first-order chi connectivity index (χ1) is 10.1. The molecule has 1 aromatic carbocycles. The average molecular weight is 313 g/mol. The number of quaternary nitrogens is 1. The van der Waals surface area contributed by atoms with Gasteiger partial charge in [-0.25, -0.2) is 4.79 Å². The Balaban J connectivity index is 1.64. The minimum atomic E-state index is -0.179. The minimum Gasteiger partial charge on any atom is -0.370 e. The molecule has 5 nitrogen and oxygen atoms in total. The molecule has 116 valence electrons. The molecule has 0 radical (unpaired) electrons. The second kappa shape index (κ2) is 7.64. The molecule has 0 spiro atoms. The summed E-state index contributed by atoms with van der Waals surface area (Å²) >= 11 is 5.80. The van der Waals surface area contributed by atoms with Crippen LogP contribution in [-0.2, 0) is 4.74 Å². The van der Waals surface area contributed by atoms with Gasteiger partial charge in [-0.1, -0.05) is 11.6 Å². The van der Waals surface area contributed by atoms with E-state index in [0.29, 0.717) is 11.6 Å². The van der Waals surface area contributed by atoms with Gasteiger partial charge in [-0.2, -0.15) is 0 Å². The van der Waals surface area contributed by atoms with Crippen molar-refractivity contribution in [2.75, 3.05) is 51.8 Å². The number of halogens is 1. The SMILES string of the molecule is C[N+]1(CCCNC(=O)Nc2ccc(Cl)cc2)CCOCC1. The molecule has 2 N–H and O–H groups in total. The van der Waals surface area contributed by atoms with Gasteiger partial charge in [-0.05, 0) is 24.3 Å². The number of hydrogen-bond acceptors (Lipinski definition) is 2. The quantitative estimate of drug-likeness (QED) is 0.647. The molecule has 1 saturated heterocycles. The fourth-order valence-electron chi connectivity index (χ4n) is 2.38. The lowest BCUT2D eigenvalue weighted by molar-refractivity contribution is -0.916. The molecule has 0 aliphatic carbocycles. The molecule has 2 amide bonds. The molecule has 0 unspecified atom stereocenters. The van der Waals surface area contributed by atoms with Gasteiger partial charge in [0.05, 0.1) is 26.8 Å². The van der Waals surface area contributed by atoms with Gasteiger partial charge >= 0.3 is 6.03 Å². The minimum absolute atomic E-state index is 0.179. The lowest BCUT2D eigenvalue weighted by Crippen LogP contribution is -2.52. The maximum Gasteiger partial charge on any atom is 0.319 e. The van der Waals surface area contributed by atoms with Crippen molar-refractivity contribution < 1.29 is 14.0 Å². The number of carbonyl (C=O) groups excluding carboxylic acids is 1. The normalized spacial score (nSPS) is 17.2. The second-order valence-electron chi connectivity index (χ2n) is 5.64. The van der Waals surface area contributed by atoms with Gasteiger partial charge < -0.3 is 19.9 Å². The highest BCUT2D eigenvalue weighted by Crippen LogP contribution is 2.13. The second-order valence-corrected chi connectivity index (χ2v) is 6.08. The first kappa shape index (κ1) is 16.1. The molecule has 1 aromatic rings. The lowest BCUT2D eigenvalue weighted by Gasteiger charge is -2.37. The van der Waals surface area contributed by atoms with E-state index in [-0.39, 0.29) is 6.03 Å². The van der Waals surface area contributed by atoms with Crippen LogP contribution in [0.1, 0.15) is 6.42 Å². The smallest absolute Gasteiger partial charge is 0.319 e. The molecular weight excluding hydrogens is 290 g/mol. The van der Waals surface area contributed by atoms with Gasteiger partial charge in [0, 0.05) is 23.7 Å². The van der Waals surface area contributed by atoms with E-state index in [0.717, 1.165) is 49.4 Å². The van der Waals surface area contributed by atoms with Crippen molar-refractivity contribution in [3.05, 3.63) is 29.3 Å². The number of nitrogens with zero attached hydrogens (tertiary/aromatic N) is 1. The van der Waals surface area contributed by atoms with E-state index < -0.39 is 0 Å². The molecule has 21 heavy (non-hydrogen) atoms. The summed E-state index contributed by atoms with van der Waals surface area (Å²) in [7, 11) is 2.25. The maximum atomic E-state index is 11.7. The molecule has 2 rings (SSSR count). The molecule has 0 atom stereocenters. The fraction of sp³-hybridized carbons (Fsp3) is 0.533. The molecule has 0 bridgehead atoms. The number of amides is 2. The Morgan fingerprint density at radius 3 is 2.62 bits per heavy atom. The summed E-state index contributed by atoms with van der Waals surface area (Å²) in [6.45, 7) is 5.51. The van der Waals surface area contributed by atoms with Crippen LogP contribution < -0.4 is 10.6 Å². The molecule has 6 heteroatoms. The van der Waals surface area contributed by atoms with E-state index >= 15 is 0 Å². The summed E-state index contributed by atoms with van der Waals surface area (Å²) < 4.78 is 6.41. The predicted octanol–water partition coefficient (Wildman–Crippen LogP) is 2.33. The molecule has 1 heterocycles. The summed E-state index contributed by atoms with van der Waals surface area (Å²) in [6, 6.07) is 6.88. The molecule has 0 saturated carbocycles. The van der Waals surface area contributed by atoms with E-state index in [4.69, 9.17) is 16.3 Å². The Hall–Kier alpha value is -1.30. The summed E-state index contributed by atoms with van der Waals surface area (Å²) in [5.41, 5.74) is 0.740. The molecule has 1 fully saturated rings. The Kier molecular flexibility index (Phi) is 5.85. The largest absolute Gasteiger partial charge is 0.370 e. The van der Waals surface area contributed by atoms with Gasteiger partial charge in [0.25, 0.3) is 0 Å². The maximum absolute atomic E-state index is 11.7. The first-order valence-electron chi connectivity index (χ1n) is 7.29. The zero-order valence-electron chi connectivity index (χ0n) is 12.4. The third-order valence-electron chi connectivity index (χ3n) is 3.81. The van der Waals surface area contributed by atoms with Crippen molar-refractivity contribution in [3.63, 3.8) is 0 Å². The topological polar surface area (TPSA) is 50.4 Å². The molecule has 1 aliphatic heterocycles. The van der Waals surface area contributed by atoms with E-state index in [2.05, 4.69) is 17.7 Å². The highest BCUT2D eigenvalue weighted by molar-refractivity contribution is 6.30. The molecular formula is C15H23ClN3O2+. The predicted molar refractivity (Wildman–Crippen MR) is 84.7 cm³/mol. The third kappa shape index (κ3) is 5.53. The van der Waals surface area contributed by atoms with E-state index in [9.17, 15) is 4.79 Å². The van der Waals surface area contributed by atoms with Crippen molar-refractivity contribution in [1.29, 1.82) is 0 Å². The van der Waals surface area contributed by atoms with E-state index in [1.54, 1.807) is 24.3 Å². The van der Waals surface area contributed by atoms with Gasteiger partial charge in [0.15, 0.2) is 0 Å². The van der Waals surface area contributed by atoms with Crippen LogP contribution in [0.3, 0.4) is 0 Å². The average Bonchev–Trinajstić information content (AvgIpc) is 2.47. The summed E-state index contributed by atoms with van der Waals surface area (Å²) in [5, 5.41) is 6.32. The van der Waals surface area contributed by atoms with Gasteiger partial charge in [0.1, 0.15) is 13.1 Å². The fourth-order valence-corrected chi connectivity index (χ4v) is 2.50. The van der Waals surface area contributed by atoms with Gasteiger partial charge in [0.2, 0.25) is 0 Å². The Morgan fingerprint density at radius 2 is 1.95 bits per heavy atom. The number of ether oxygens (including phenoxy) is 1. The zero-order chi connectivity index (χ0) is 15.1. The van der Waals surface area contributed by atoms with Crippen LogP contribution in [0.2, 0.25) is 5.02 Å². The van der Waals surface area contributed by atoms with Crippen molar-refractivity contribution >= 4 is 23.3 Å². The number of urea groups is 1. The highest BCUT2D eigenvalue weighted by Gasteiger charge is 2.24. The summed E-state index contributed by atoms with van der Waals surface area (Å²) in [6.07, 6.45) is 0.963. The van der Waals surface area contributed by atoms with Crippen molar-refractivity contribution in [1.82, 2.24) is 5.32 Å². The number of nitrogens with one attached hydrogen (secondary N) is 2. The number of rotatable bonds is 5. The Bertz CT molecular complexity index is 458. The third-order valence-corrected chi connectivity index (χ3v) is 4.07. The van der Waals surface area contributed by atoms with Gasteiger partial charge in [-0.15, -0.1) is 0 Å². The van der Waals surface area contributed by atoms with Crippen molar-refractivity contribution in [3.8, 4) is 0 Å². The van der Waals surface area contributed by atoms with Crippen LogP contribution in [0.25, 0.3) is 0 Å². The summed E-state index contributed by atoms with van der Waals surface area (Å²) in [5.74, 6) is 0. The van der Waals surface area contributed by atoms with Crippen LogP contribution in [0.4, 0.5) is 10.5 Å². The van der Waals surface area contributed by atoms with Crippen molar-refractivity contribution in [2.24, 2.45) is 0 Å². The zero-order valence-corrected chi connectivity index (χ0v) is 13.2. The number of benzene rings is 1. The lowest BCUT2D eigenvalue weighted by atomic mass is 10.3.